The summed E-state index contributed by atoms with van der Waals surface area (Å²) in [6, 6.07) is 0. The number of nitrogens with zero attached hydrogens (tertiary/aromatic N) is 2. The maximum Gasteiger partial charge on any atom is 0.289 e. The Labute approximate surface area is 88.2 Å². The van der Waals surface area contributed by atoms with E-state index in [4.69, 9.17) is 4.74 Å². The number of methoxy groups -OCH3 is 1. The zero-order chi connectivity index (χ0) is 11.1. The summed E-state index contributed by atoms with van der Waals surface area (Å²) < 4.78 is 4.88. The zero-order valence-corrected chi connectivity index (χ0v) is 8.73. The molecule has 1 heterocycles. The molecule has 0 spiro atoms. The smallest absolute Gasteiger partial charge is 0.289 e. The van der Waals surface area contributed by atoms with E-state index in [9.17, 15) is 4.79 Å². The van der Waals surface area contributed by atoms with E-state index in [-0.39, 0.29) is 11.7 Å². The largest absolute Gasteiger partial charge is 0.494 e. The first-order valence-corrected chi connectivity index (χ1v) is 4.53. The first kappa shape index (κ1) is 11.2. The molecule has 0 saturated carbocycles. The maximum absolute atomic E-state index is 11.4. The number of allylic oxidation sites excluding steroid dienone is 1. The van der Waals surface area contributed by atoms with Crippen molar-refractivity contribution in [2.24, 2.45) is 0 Å². The third-order valence-electron chi connectivity index (χ3n) is 1.68. The van der Waals surface area contributed by atoms with Gasteiger partial charge in [0.05, 0.1) is 19.5 Å². The number of nitrogens with one attached hydrogen (secondary N) is 1. The van der Waals surface area contributed by atoms with Crippen LogP contribution in [-0.2, 0) is 0 Å². The summed E-state index contributed by atoms with van der Waals surface area (Å²) >= 11 is 0. The van der Waals surface area contributed by atoms with Crippen LogP contribution in [0, 0.1) is 0 Å². The van der Waals surface area contributed by atoms with E-state index >= 15 is 0 Å². The van der Waals surface area contributed by atoms with Crippen molar-refractivity contribution < 1.29 is 9.53 Å². The Morgan fingerprint density at radius 1 is 1.53 bits per heavy atom. The molecule has 0 aliphatic rings. The van der Waals surface area contributed by atoms with Gasteiger partial charge < -0.3 is 10.1 Å². The van der Waals surface area contributed by atoms with E-state index in [0.29, 0.717) is 12.3 Å². The average molecular weight is 207 g/mol. The van der Waals surface area contributed by atoms with Gasteiger partial charge in [-0.2, -0.15) is 0 Å². The Morgan fingerprint density at radius 2 is 2.20 bits per heavy atom. The van der Waals surface area contributed by atoms with Crippen LogP contribution < -0.4 is 10.1 Å². The summed E-state index contributed by atoms with van der Waals surface area (Å²) in [4.78, 5) is 19.1. The number of rotatable bonds is 4. The van der Waals surface area contributed by atoms with Crippen molar-refractivity contribution in [2.45, 2.75) is 6.92 Å². The number of carbonyl (C=O) groups is 1. The van der Waals surface area contributed by atoms with E-state index in [1.807, 2.05) is 19.1 Å². The number of amides is 1. The molecule has 1 N–H and O–H groups in total. The minimum Gasteiger partial charge on any atom is -0.494 e. The summed E-state index contributed by atoms with van der Waals surface area (Å²) in [6.45, 7) is 2.36. The number of carbonyl (C=O) groups excluding carboxylic acids is 1. The van der Waals surface area contributed by atoms with Crippen LogP contribution in [0.5, 0.6) is 5.75 Å². The van der Waals surface area contributed by atoms with Crippen molar-refractivity contribution >= 4 is 5.91 Å². The molecule has 1 amide bonds. The quantitative estimate of drug-likeness (QED) is 0.741. The second kappa shape index (κ2) is 5.74. The van der Waals surface area contributed by atoms with Crippen LogP contribution in [0.15, 0.2) is 24.5 Å². The van der Waals surface area contributed by atoms with Gasteiger partial charge in [-0.05, 0) is 6.92 Å². The van der Waals surface area contributed by atoms with Crippen molar-refractivity contribution in [1.29, 1.82) is 0 Å². The normalized spacial score (nSPS) is 10.3. The van der Waals surface area contributed by atoms with Crippen molar-refractivity contribution in [2.75, 3.05) is 13.7 Å². The van der Waals surface area contributed by atoms with Crippen LogP contribution in [0.1, 0.15) is 17.5 Å². The fourth-order valence-electron chi connectivity index (χ4n) is 0.887. The molecule has 5 heteroatoms. The number of aromatic nitrogens is 2. The standard InChI is InChI=1S/C10H13N3O2/c1-3-4-5-11-10(14)9-12-6-8(15-2)7-13-9/h3-4,6-7H,5H2,1-2H3,(H,11,14)/b4-3+. The number of hydrogen-bond donors (Lipinski definition) is 1. The van der Waals surface area contributed by atoms with Crippen LogP contribution in [0.4, 0.5) is 0 Å². The van der Waals surface area contributed by atoms with Gasteiger partial charge in [0.2, 0.25) is 5.82 Å². The van der Waals surface area contributed by atoms with Crippen LogP contribution in [0.25, 0.3) is 0 Å². The summed E-state index contributed by atoms with van der Waals surface area (Å²) in [5.74, 6) is 0.371. The summed E-state index contributed by atoms with van der Waals surface area (Å²) in [5, 5.41) is 2.65. The highest BCUT2D eigenvalue weighted by molar-refractivity contribution is 5.90. The third-order valence-corrected chi connectivity index (χ3v) is 1.68. The summed E-state index contributed by atoms with van der Waals surface area (Å²) in [6.07, 6.45) is 6.60. The van der Waals surface area contributed by atoms with Gasteiger partial charge in [0.1, 0.15) is 0 Å². The topological polar surface area (TPSA) is 64.1 Å². The SMILES string of the molecule is C/C=C/CNC(=O)c1ncc(OC)cn1. The molecule has 0 unspecified atom stereocenters. The Bertz CT molecular complexity index is 346. The van der Waals surface area contributed by atoms with Gasteiger partial charge in [-0.15, -0.1) is 0 Å². The Balaban J connectivity index is 2.58. The molecule has 0 fully saturated rings. The molecule has 15 heavy (non-hydrogen) atoms. The Hall–Kier alpha value is -1.91. The highest BCUT2D eigenvalue weighted by atomic mass is 16.5. The fourth-order valence-corrected chi connectivity index (χ4v) is 0.887. The lowest BCUT2D eigenvalue weighted by Crippen LogP contribution is -2.25. The molecule has 1 aromatic heterocycles. The van der Waals surface area contributed by atoms with E-state index in [2.05, 4.69) is 15.3 Å². The number of ether oxygens (including phenoxy) is 1. The molecule has 1 aromatic rings. The van der Waals surface area contributed by atoms with Gasteiger partial charge in [0, 0.05) is 6.54 Å². The average Bonchev–Trinajstić information content (AvgIpc) is 2.29. The van der Waals surface area contributed by atoms with Gasteiger partial charge in [-0.25, -0.2) is 9.97 Å². The molecule has 1 rings (SSSR count). The molecular formula is C10H13N3O2. The maximum atomic E-state index is 11.4. The van der Waals surface area contributed by atoms with Crippen LogP contribution in [0.3, 0.4) is 0 Å². The second-order valence-corrected chi connectivity index (χ2v) is 2.73. The first-order chi connectivity index (χ1) is 7.27. The molecule has 80 valence electrons. The molecule has 0 bridgehead atoms. The van der Waals surface area contributed by atoms with Gasteiger partial charge in [0.15, 0.2) is 5.75 Å². The van der Waals surface area contributed by atoms with Gasteiger partial charge in [0.25, 0.3) is 5.91 Å². The van der Waals surface area contributed by atoms with E-state index in [1.165, 1.54) is 19.5 Å². The van der Waals surface area contributed by atoms with Crippen molar-refractivity contribution in [3.63, 3.8) is 0 Å². The van der Waals surface area contributed by atoms with Gasteiger partial charge >= 0.3 is 0 Å². The number of hydrogen-bond acceptors (Lipinski definition) is 4. The summed E-state index contributed by atoms with van der Waals surface area (Å²) in [7, 11) is 1.52. The lowest BCUT2D eigenvalue weighted by atomic mass is 10.4. The minimum absolute atomic E-state index is 0.139. The lowest BCUT2D eigenvalue weighted by Gasteiger charge is -2.01. The molecule has 0 atom stereocenters. The van der Waals surface area contributed by atoms with E-state index < -0.39 is 0 Å². The Morgan fingerprint density at radius 3 is 2.73 bits per heavy atom. The van der Waals surface area contributed by atoms with Crippen molar-refractivity contribution in [3.05, 3.63) is 30.4 Å². The molecule has 0 aromatic carbocycles. The van der Waals surface area contributed by atoms with E-state index in [1.54, 1.807) is 0 Å². The second-order valence-electron chi connectivity index (χ2n) is 2.73. The highest BCUT2D eigenvalue weighted by Crippen LogP contribution is 2.03. The summed E-state index contributed by atoms with van der Waals surface area (Å²) in [5.41, 5.74) is 0. The van der Waals surface area contributed by atoms with Crippen LogP contribution in [-0.4, -0.2) is 29.5 Å². The molecule has 0 aliphatic heterocycles. The van der Waals surface area contributed by atoms with Gasteiger partial charge in [-0.1, -0.05) is 12.2 Å². The lowest BCUT2D eigenvalue weighted by molar-refractivity contribution is 0.0947. The molecular weight excluding hydrogens is 194 g/mol. The van der Waals surface area contributed by atoms with Crippen LogP contribution in [0.2, 0.25) is 0 Å². The minimum atomic E-state index is -0.296. The fraction of sp³-hybridized carbons (Fsp3) is 0.300. The molecule has 0 radical (unpaired) electrons. The molecule has 5 nitrogen and oxygen atoms in total. The zero-order valence-electron chi connectivity index (χ0n) is 8.73. The van der Waals surface area contributed by atoms with Gasteiger partial charge in [-0.3, -0.25) is 4.79 Å². The molecule has 0 aliphatic carbocycles. The predicted octanol–water partition coefficient (Wildman–Crippen LogP) is 0.791. The van der Waals surface area contributed by atoms with E-state index in [0.717, 1.165) is 0 Å². The van der Waals surface area contributed by atoms with Crippen molar-refractivity contribution in [3.8, 4) is 5.75 Å². The first-order valence-electron chi connectivity index (χ1n) is 4.53. The Kier molecular flexibility index (Phi) is 4.28. The van der Waals surface area contributed by atoms with Crippen molar-refractivity contribution in [1.82, 2.24) is 15.3 Å². The molecule has 0 saturated heterocycles. The monoisotopic (exact) mass is 207 g/mol. The predicted molar refractivity (Wildman–Crippen MR) is 55.7 cm³/mol. The van der Waals surface area contributed by atoms with Crippen LogP contribution >= 0.6 is 0 Å². The highest BCUT2D eigenvalue weighted by Gasteiger charge is 2.06. The third kappa shape index (κ3) is 3.38.